The molecule has 4 heterocycles. The van der Waals surface area contributed by atoms with Gasteiger partial charge in [-0.1, -0.05) is 32.9 Å². The number of amides is 2. The van der Waals surface area contributed by atoms with Crippen molar-refractivity contribution in [1.82, 2.24) is 24.2 Å². The first-order valence-corrected chi connectivity index (χ1v) is 19.1. The Bertz CT molecular complexity index is 2480. The number of carbonyl (C=O) groups excluding carboxylic acids is 2. The van der Waals surface area contributed by atoms with Gasteiger partial charge in [-0.3, -0.25) is 14.3 Å². The second-order valence-corrected chi connectivity index (χ2v) is 16.8. The van der Waals surface area contributed by atoms with Crippen LogP contribution in [0.4, 0.5) is 25.1 Å². The molecule has 1 saturated heterocycles. The fourth-order valence-electron chi connectivity index (χ4n) is 7.19. The van der Waals surface area contributed by atoms with Crippen LogP contribution >= 0.6 is 0 Å². The fourth-order valence-corrected chi connectivity index (χ4v) is 7.19. The number of nitrogen functional groups attached to an aromatic ring is 1. The number of ether oxygens (including phenoxy) is 1. The van der Waals surface area contributed by atoms with Gasteiger partial charge in [0.25, 0.3) is 5.91 Å². The van der Waals surface area contributed by atoms with Gasteiger partial charge in [0.05, 0.1) is 17.8 Å². The molecule has 58 heavy (non-hydrogen) atoms. The lowest BCUT2D eigenvalue weighted by molar-refractivity contribution is 0.0184. The van der Waals surface area contributed by atoms with Crippen LogP contribution in [0.15, 0.2) is 72.0 Å². The van der Waals surface area contributed by atoms with E-state index in [1.165, 1.54) is 41.1 Å². The highest BCUT2D eigenvalue weighted by Gasteiger charge is 2.30. The molecule has 0 unspecified atom stereocenters. The summed E-state index contributed by atoms with van der Waals surface area (Å²) in [5, 5.41) is 17.5. The second kappa shape index (κ2) is 15.9. The molecule has 0 saturated carbocycles. The summed E-state index contributed by atoms with van der Waals surface area (Å²) < 4.78 is 39.7. The highest BCUT2D eigenvalue weighted by molar-refractivity contribution is 6.05. The second-order valence-electron chi connectivity index (χ2n) is 16.8. The van der Waals surface area contributed by atoms with Crippen LogP contribution in [0, 0.1) is 23.0 Å². The number of nitrogens with zero attached hydrogens (tertiary/aromatic N) is 6. The molecule has 14 heteroatoms. The molecular formula is C44H48F2N8O4. The summed E-state index contributed by atoms with van der Waals surface area (Å²) in [4.78, 5) is 46.6. The summed E-state index contributed by atoms with van der Waals surface area (Å²) in [5.74, 6) is -1.86. The lowest BCUT2D eigenvalue weighted by Gasteiger charge is -2.33. The van der Waals surface area contributed by atoms with Crippen molar-refractivity contribution in [1.29, 1.82) is 5.26 Å². The molecule has 1 fully saturated rings. The Labute approximate surface area is 336 Å². The predicted octanol–water partition coefficient (Wildman–Crippen LogP) is 8.88. The van der Waals surface area contributed by atoms with Gasteiger partial charge in [0.2, 0.25) is 5.43 Å². The quantitative estimate of drug-likeness (QED) is 0.165. The van der Waals surface area contributed by atoms with Crippen LogP contribution in [-0.4, -0.2) is 54.9 Å². The number of nitrogens with two attached hydrogens (primary N) is 1. The lowest BCUT2D eigenvalue weighted by atomic mass is 9.83. The first-order valence-electron chi connectivity index (χ1n) is 19.1. The maximum Gasteiger partial charge on any atom is 0.410 e. The number of halogens is 2. The maximum atomic E-state index is 17.0. The van der Waals surface area contributed by atoms with Crippen molar-refractivity contribution >= 4 is 23.5 Å². The van der Waals surface area contributed by atoms with Crippen LogP contribution in [0.1, 0.15) is 102 Å². The van der Waals surface area contributed by atoms with Crippen molar-refractivity contribution in [2.75, 3.05) is 24.1 Å². The third-order valence-electron chi connectivity index (χ3n) is 10.0. The maximum absolute atomic E-state index is 17.0. The Morgan fingerprint density at radius 2 is 1.62 bits per heavy atom. The number of rotatable bonds is 7. The van der Waals surface area contributed by atoms with Crippen LogP contribution in [-0.2, 0) is 10.2 Å². The summed E-state index contributed by atoms with van der Waals surface area (Å²) in [6.07, 6.45) is 7.60. The van der Waals surface area contributed by atoms with Gasteiger partial charge < -0.3 is 25.3 Å². The zero-order valence-corrected chi connectivity index (χ0v) is 34.0. The van der Waals surface area contributed by atoms with Gasteiger partial charge >= 0.3 is 6.09 Å². The van der Waals surface area contributed by atoms with Gasteiger partial charge in [-0.2, -0.15) is 10.4 Å². The molecule has 3 N–H and O–H groups in total. The summed E-state index contributed by atoms with van der Waals surface area (Å²) in [6.45, 7) is 15.6. The van der Waals surface area contributed by atoms with Crippen molar-refractivity contribution in [3.63, 3.8) is 0 Å². The average Bonchev–Trinajstić information content (AvgIpc) is 3.65. The van der Waals surface area contributed by atoms with Crippen molar-refractivity contribution in [3.8, 4) is 39.4 Å². The van der Waals surface area contributed by atoms with Gasteiger partial charge in [-0.15, -0.1) is 0 Å². The molecule has 0 bridgehead atoms. The topological polar surface area (TPSA) is 161 Å². The molecule has 3 aromatic heterocycles. The van der Waals surface area contributed by atoms with Crippen molar-refractivity contribution in [2.45, 2.75) is 91.3 Å². The Balaban J connectivity index is 1.31. The van der Waals surface area contributed by atoms with E-state index in [0.717, 1.165) is 5.56 Å². The number of hydrogen-bond acceptors (Lipinski definition) is 8. The van der Waals surface area contributed by atoms with Crippen LogP contribution in [0.5, 0.6) is 0 Å². The molecule has 0 aliphatic carbocycles. The first kappa shape index (κ1) is 41.3. The Hall–Kier alpha value is -6.36. The molecule has 0 radical (unpaired) electrons. The molecule has 0 atom stereocenters. The Morgan fingerprint density at radius 3 is 2.22 bits per heavy atom. The van der Waals surface area contributed by atoms with Crippen molar-refractivity contribution in [2.24, 2.45) is 0 Å². The SMILES string of the molecule is CC(C)n1cc(C(=O)Nc2ccc(-c3cc(-c4cnn(C5CCN(C(=O)OC(C)(C)C)CC5)c4)cnc3N)c(F)c2C(C)(C)C)c(=O)c(-c2ccc(F)cc2)c1C#N. The smallest absolute Gasteiger partial charge is 0.410 e. The molecular weight excluding hydrogens is 743 g/mol. The number of piperidine rings is 1. The number of anilines is 2. The Kier molecular flexibility index (Phi) is 11.3. The molecule has 1 aliphatic rings. The van der Waals surface area contributed by atoms with Crippen LogP contribution < -0.4 is 16.5 Å². The molecule has 6 rings (SSSR count). The minimum absolute atomic E-state index is 0.0235. The lowest BCUT2D eigenvalue weighted by Crippen LogP contribution is -2.42. The summed E-state index contributed by atoms with van der Waals surface area (Å²) >= 11 is 0. The van der Waals surface area contributed by atoms with E-state index in [4.69, 9.17) is 10.5 Å². The van der Waals surface area contributed by atoms with E-state index in [2.05, 4.69) is 21.5 Å². The van der Waals surface area contributed by atoms with Gasteiger partial charge in [0.15, 0.2) is 0 Å². The zero-order chi connectivity index (χ0) is 42.3. The molecule has 2 amide bonds. The number of hydrogen-bond donors (Lipinski definition) is 2. The third-order valence-corrected chi connectivity index (χ3v) is 10.0. The molecule has 12 nitrogen and oxygen atoms in total. The van der Waals surface area contributed by atoms with Crippen LogP contribution in [0.3, 0.4) is 0 Å². The molecule has 2 aromatic carbocycles. The molecule has 5 aromatic rings. The normalized spacial score (nSPS) is 13.7. The largest absolute Gasteiger partial charge is 0.444 e. The number of nitrogens with one attached hydrogen (secondary N) is 1. The van der Waals surface area contributed by atoms with Gasteiger partial charge in [-0.05, 0) is 88.8 Å². The Morgan fingerprint density at radius 1 is 0.948 bits per heavy atom. The number of benzene rings is 2. The monoisotopic (exact) mass is 790 g/mol. The fraction of sp³-hybridized carbons (Fsp3) is 0.364. The summed E-state index contributed by atoms with van der Waals surface area (Å²) in [5.41, 5.74) is 6.45. The highest BCUT2D eigenvalue weighted by atomic mass is 19.1. The number of likely N-dealkylation sites (tertiary alicyclic amines) is 1. The standard InChI is InChI=1S/C44H48F2N8O4/c1-25(2)53-24-33(39(55)36(35(53)20-47)26-9-11-29(45)12-10-26)41(56)51-34-14-13-31(38(46)37(34)43(3,4)5)32-19-27(21-49-40(32)48)28-22-50-54(23-28)30-15-17-52(18-16-30)42(57)58-44(6,7)8/h9-14,19,21-25,30H,15-18H2,1-8H3,(H2,48,49)(H,51,56). The third kappa shape index (κ3) is 8.49. The number of pyridine rings is 2. The van der Waals surface area contributed by atoms with E-state index in [1.54, 1.807) is 64.0 Å². The van der Waals surface area contributed by atoms with Crippen LogP contribution in [0.2, 0.25) is 0 Å². The van der Waals surface area contributed by atoms with E-state index >= 15 is 4.39 Å². The van der Waals surface area contributed by atoms with E-state index in [-0.39, 0.29) is 63.2 Å². The van der Waals surface area contributed by atoms with Crippen molar-refractivity contribution in [3.05, 3.63) is 106 Å². The minimum Gasteiger partial charge on any atom is -0.444 e. The van der Waals surface area contributed by atoms with Crippen LogP contribution in [0.25, 0.3) is 33.4 Å². The predicted molar refractivity (Wildman–Crippen MR) is 219 cm³/mol. The number of aromatic nitrogens is 4. The van der Waals surface area contributed by atoms with E-state index < -0.39 is 34.0 Å². The van der Waals surface area contributed by atoms with E-state index in [1.807, 2.05) is 31.6 Å². The summed E-state index contributed by atoms with van der Waals surface area (Å²) in [6, 6.07) is 11.7. The number of carbonyl (C=O) groups is 2. The highest BCUT2D eigenvalue weighted by Crippen LogP contribution is 2.40. The van der Waals surface area contributed by atoms with Gasteiger partial charge in [-0.25, -0.2) is 18.6 Å². The summed E-state index contributed by atoms with van der Waals surface area (Å²) in [7, 11) is 0. The molecule has 1 aliphatic heterocycles. The van der Waals surface area contributed by atoms with Gasteiger partial charge in [0.1, 0.15) is 40.4 Å². The molecule has 302 valence electrons. The van der Waals surface area contributed by atoms with Gasteiger partial charge in [0, 0.05) is 71.2 Å². The average molecular weight is 791 g/mol. The minimum atomic E-state index is -0.842. The number of nitriles is 1. The first-order chi connectivity index (χ1) is 27.3. The van der Waals surface area contributed by atoms with E-state index in [0.29, 0.717) is 37.1 Å². The zero-order valence-electron chi connectivity index (χ0n) is 34.0. The van der Waals surface area contributed by atoms with E-state index in [9.17, 15) is 24.0 Å². The van der Waals surface area contributed by atoms with Crippen molar-refractivity contribution < 1.29 is 23.1 Å². The molecule has 0 spiro atoms.